The highest BCUT2D eigenvalue weighted by atomic mass is 35.5. The van der Waals surface area contributed by atoms with Gasteiger partial charge < -0.3 is 10.2 Å². The Morgan fingerprint density at radius 3 is 2.29 bits per heavy atom. The molecule has 0 radical (unpaired) electrons. The number of benzene rings is 3. The zero-order chi connectivity index (χ0) is 30.0. The summed E-state index contributed by atoms with van der Waals surface area (Å²) in [4.78, 5) is 28.9. The molecule has 41 heavy (non-hydrogen) atoms. The Morgan fingerprint density at radius 2 is 1.66 bits per heavy atom. The SMILES string of the molecule is CCCNC(=O)[C@@H](Cc1ccccc1)N(Cc1ccc(Cl)cc1Cl)C(=O)CCCN(c1ccccc1C)S(C)(=O)=O. The molecule has 0 aliphatic heterocycles. The van der Waals surface area contributed by atoms with Crippen LogP contribution in [0.2, 0.25) is 10.0 Å². The zero-order valence-corrected chi connectivity index (χ0v) is 26.0. The molecule has 0 heterocycles. The van der Waals surface area contributed by atoms with Crippen LogP contribution in [-0.2, 0) is 32.6 Å². The molecule has 10 heteroatoms. The number of hydrogen-bond donors (Lipinski definition) is 1. The fraction of sp³-hybridized carbons (Fsp3) is 0.355. The highest BCUT2D eigenvalue weighted by Gasteiger charge is 2.31. The summed E-state index contributed by atoms with van der Waals surface area (Å²) in [6.45, 7) is 4.51. The Morgan fingerprint density at radius 1 is 0.976 bits per heavy atom. The van der Waals surface area contributed by atoms with Crippen molar-refractivity contribution in [3.05, 3.63) is 99.5 Å². The summed E-state index contributed by atoms with van der Waals surface area (Å²) in [5, 5.41) is 3.81. The van der Waals surface area contributed by atoms with Crippen LogP contribution in [0.1, 0.15) is 42.9 Å². The first kappa shape index (κ1) is 32.4. The number of halogens is 2. The van der Waals surface area contributed by atoms with Gasteiger partial charge in [0.2, 0.25) is 21.8 Å². The topological polar surface area (TPSA) is 86.8 Å². The number of carbonyl (C=O) groups excluding carboxylic acids is 2. The monoisotopic (exact) mass is 617 g/mol. The van der Waals surface area contributed by atoms with Crippen molar-refractivity contribution in [1.82, 2.24) is 10.2 Å². The number of hydrogen-bond acceptors (Lipinski definition) is 4. The molecule has 0 fully saturated rings. The third-order valence-electron chi connectivity index (χ3n) is 6.71. The third-order valence-corrected chi connectivity index (χ3v) is 8.48. The van der Waals surface area contributed by atoms with E-state index in [2.05, 4.69) is 5.32 Å². The number of amides is 2. The Bertz CT molecular complexity index is 1430. The molecule has 3 aromatic rings. The van der Waals surface area contributed by atoms with E-state index in [4.69, 9.17) is 23.2 Å². The maximum absolute atomic E-state index is 13.9. The molecule has 2 amide bonds. The van der Waals surface area contributed by atoms with Gasteiger partial charge in [0.05, 0.1) is 11.9 Å². The van der Waals surface area contributed by atoms with Crippen LogP contribution in [0.3, 0.4) is 0 Å². The standard InChI is InChI=1S/C31H37Cl2N3O4S/c1-4-18-34-31(38)29(20-24-12-6-5-7-13-24)35(22-25-16-17-26(32)21-27(25)33)30(37)15-10-19-36(41(3,39)40)28-14-9-8-11-23(28)2/h5-9,11-14,16-17,21,29H,4,10,15,18-20,22H2,1-3H3,(H,34,38)/t29-/m1/s1. The Hall–Kier alpha value is -3.07. The van der Waals surface area contributed by atoms with Gasteiger partial charge in [-0.3, -0.25) is 13.9 Å². The maximum Gasteiger partial charge on any atom is 0.243 e. The lowest BCUT2D eigenvalue weighted by Crippen LogP contribution is -2.50. The van der Waals surface area contributed by atoms with E-state index in [1.807, 2.05) is 56.3 Å². The van der Waals surface area contributed by atoms with Crippen LogP contribution >= 0.6 is 23.2 Å². The lowest BCUT2D eigenvalue weighted by molar-refractivity contribution is -0.141. The van der Waals surface area contributed by atoms with Crippen molar-refractivity contribution < 1.29 is 18.0 Å². The van der Waals surface area contributed by atoms with Crippen molar-refractivity contribution in [1.29, 1.82) is 0 Å². The Labute approximate surface area is 253 Å². The minimum absolute atomic E-state index is 0.0372. The summed E-state index contributed by atoms with van der Waals surface area (Å²) in [6, 6.07) is 21.0. The van der Waals surface area contributed by atoms with E-state index < -0.39 is 16.1 Å². The predicted molar refractivity (Wildman–Crippen MR) is 167 cm³/mol. The van der Waals surface area contributed by atoms with E-state index in [1.165, 1.54) is 4.31 Å². The second-order valence-corrected chi connectivity index (χ2v) is 12.7. The van der Waals surface area contributed by atoms with Gasteiger partial charge in [0.1, 0.15) is 6.04 Å². The smallest absolute Gasteiger partial charge is 0.243 e. The first-order valence-corrected chi connectivity index (χ1v) is 16.2. The van der Waals surface area contributed by atoms with Gasteiger partial charge in [-0.1, -0.05) is 84.7 Å². The summed E-state index contributed by atoms with van der Waals surface area (Å²) < 4.78 is 26.6. The number of carbonyl (C=O) groups is 2. The van der Waals surface area contributed by atoms with Crippen molar-refractivity contribution in [3.63, 3.8) is 0 Å². The molecule has 1 atom stereocenters. The van der Waals surface area contributed by atoms with E-state index >= 15 is 0 Å². The molecule has 3 aromatic carbocycles. The minimum Gasteiger partial charge on any atom is -0.354 e. The average molecular weight is 619 g/mol. The molecule has 0 saturated carbocycles. The van der Waals surface area contributed by atoms with Crippen LogP contribution in [0.15, 0.2) is 72.8 Å². The molecule has 7 nitrogen and oxygen atoms in total. The first-order chi connectivity index (χ1) is 19.5. The fourth-order valence-electron chi connectivity index (χ4n) is 4.58. The van der Waals surface area contributed by atoms with Crippen molar-refractivity contribution >= 4 is 50.7 Å². The minimum atomic E-state index is -3.58. The largest absolute Gasteiger partial charge is 0.354 e. The number of nitrogens with zero attached hydrogens (tertiary/aromatic N) is 2. The first-order valence-electron chi connectivity index (χ1n) is 13.6. The quantitative estimate of drug-likeness (QED) is 0.240. The number of nitrogens with one attached hydrogen (secondary N) is 1. The average Bonchev–Trinajstić information content (AvgIpc) is 2.93. The zero-order valence-electron chi connectivity index (χ0n) is 23.6. The molecule has 220 valence electrons. The maximum atomic E-state index is 13.9. The number of aryl methyl sites for hydroxylation is 1. The molecule has 0 aliphatic rings. The second kappa shape index (κ2) is 15.2. The lowest BCUT2D eigenvalue weighted by Gasteiger charge is -2.32. The summed E-state index contributed by atoms with van der Waals surface area (Å²) in [7, 11) is -3.58. The molecule has 3 rings (SSSR count). The normalized spacial score (nSPS) is 12.0. The van der Waals surface area contributed by atoms with Crippen LogP contribution in [0, 0.1) is 6.92 Å². The van der Waals surface area contributed by atoms with E-state index in [-0.39, 0.29) is 37.7 Å². The van der Waals surface area contributed by atoms with E-state index in [0.29, 0.717) is 34.3 Å². The lowest BCUT2D eigenvalue weighted by atomic mass is 10.0. The molecule has 0 bridgehead atoms. The van der Waals surface area contributed by atoms with Gasteiger partial charge in [-0.2, -0.15) is 0 Å². The van der Waals surface area contributed by atoms with Gasteiger partial charge in [-0.25, -0.2) is 8.42 Å². The summed E-state index contributed by atoms with van der Waals surface area (Å²) >= 11 is 12.6. The highest BCUT2D eigenvalue weighted by molar-refractivity contribution is 7.92. The molecule has 0 unspecified atom stereocenters. The van der Waals surface area contributed by atoms with Gasteiger partial charge >= 0.3 is 0 Å². The van der Waals surface area contributed by atoms with E-state index in [9.17, 15) is 18.0 Å². The van der Waals surface area contributed by atoms with Crippen molar-refractivity contribution in [3.8, 4) is 0 Å². The molecule has 0 aromatic heterocycles. The van der Waals surface area contributed by atoms with Crippen molar-refractivity contribution in [2.75, 3.05) is 23.7 Å². The number of rotatable bonds is 14. The van der Waals surface area contributed by atoms with Crippen LogP contribution in [0.4, 0.5) is 5.69 Å². The number of para-hydroxylation sites is 1. The highest BCUT2D eigenvalue weighted by Crippen LogP contribution is 2.26. The van der Waals surface area contributed by atoms with E-state index in [1.54, 1.807) is 35.2 Å². The van der Waals surface area contributed by atoms with Crippen molar-refractivity contribution in [2.24, 2.45) is 0 Å². The molecule has 0 aliphatic carbocycles. The van der Waals surface area contributed by atoms with E-state index in [0.717, 1.165) is 23.8 Å². The summed E-state index contributed by atoms with van der Waals surface area (Å²) in [5.74, 6) is -0.534. The van der Waals surface area contributed by atoms with Gasteiger partial charge in [0, 0.05) is 42.5 Å². The molecule has 0 spiro atoms. The third kappa shape index (κ3) is 9.48. The Kier molecular flexibility index (Phi) is 12.1. The fourth-order valence-corrected chi connectivity index (χ4v) is 6.07. The predicted octanol–water partition coefficient (Wildman–Crippen LogP) is 6.01. The molecular weight excluding hydrogens is 581 g/mol. The molecule has 1 N–H and O–H groups in total. The van der Waals surface area contributed by atoms with Crippen LogP contribution < -0.4 is 9.62 Å². The van der Waals surface area contributed by atoms with Crippen LogP contribution in [0.5, 0.6) is 0 Å². The van der Waals surface area contributed by atoms with Gasteiger partial charge in [0.25, 0.3) is 0 Å². The van der Waals surface area contributed by atoms with Gasteiger partial charge in [-0.05, 0) is 54.7 Å². The summed E-state index contributed by atoms with van der Waals surface area (Å²) in [6.07, 6.45) is 2.52. The Balaban J connectivity index is 1.91. The molecular formula is C31H37Cl2N3O4S. The van der Waals surface area contributed by atoms with Crippen LogP contribution in [0.25, 0.3) is 0 Å². The second-order valence-electron chi connectivity index (χ2n) is 9.98. The molecule has 0 saturated heterocycles. The van der Waals surface area contributed by atoms with Crippen molar-refractivity contribution in [2.45, 2.75) is 52.1 Å². The van der Waals surface area contributed by atoms with Gasteiger partial charge in [0.15, 0.2) is 0 Å². The number of anilines is 1. The summed E-state index contributed by atoms with van der Waals surface area (Å²) in [5.41, 5.74) is 2.96. The van der Waals surface area contributed by atoms with Gasteiger partial charge in [-0.15, -0.1) is 0 Å². The van der Waals surface area contributed by atoms with Crippen LogP contribution in [-0.4, -0.2) is 50.5 Å². The number of sulfonamides is 1.